The molecule has 0 aliphatic heterocycles. The zero-order chi connectivity index (χ0) is 10.8. The first kappa shape index (κ1) is 10.1. The molecule has 1 nitrogen and oxygen atoms in total. The molecule has 76 valence electrons. The fourth-order valence-corrected chi connectivity index (χ4v) is 2.03. The molecular weight excluding hydrogens is 211 g/mol. The van der Waals surface area contributed by atoms with Gasteiger partial charge in [0.25, 0.3) is 0 Å². The second kappa shape index (κ2) is 3.95. The van der Waals surface area contributed by atoms with Crippen molar-refractivity contribution in [2.75, 3.05) is 0 Å². The first-order chi connectivity index (χ1) is 7.18. The third-order valence-corrected chi connectivity index (χ3v) is 2.98. The lowest BCUT2D eigenvalue weighted by molar-refractivity contribution is 0.103. The highest BCUT2D eigenvalue weighted by Gasteiger charge is 2.14. The van der Waals surface area contributed by atoms with E-state index >= 15 is 0 Å². The fraction of sp³-hybridized carbons (Fsp3) is 0.0833. The first-order valence-electron chi connectivity index (χ1n) is 4.53. The third kappa shape index (κ3) is 1.97. The largest absolute Gasteiger partial charge is 0.288 e. The monoisotopic (exact) mass is 220 g/mol. The molecule has 0 atom stereocenters. The molecule has 0 aliphatic rings. The maximum absolute atomic E-state index is 13.4. The summed E-state index contributed by atoms with van der Waals surface area (Å²) in [6, 6.07) is 8.05. The van der Waals surface area contributed by atoms with Gasteiger partial charge in [-0.2, -0.15) is 0 Å². The molecule has 2 rings (SSSR count). The quantitative estimate of drug-likeness (QED) is 0.709. The Morgan fingerprint density at radius 3 is 2.80 bits per heavy atom. The normalized spacial score (nSPS) is 10.3. The van der Waals surface area contributed by atoms with Crippen molar-refractivity contribution in [2.45, 2.75) is 6.92 Å². The minimum absolute atomic E-state index is 0.150. The zero-order valence-electron chi connectivity index (χ0n) is 8.16. The summed E-state index contributed by atoms with van der Waals surface area (Å²) < 4.78 is 13.4. The van der Waals surface area contributed by atoms with E-state index in [0.717, 1.165) is 5.56 Å². The highest BCUT2D eigenvalue weighted by atomic mass is 32.1. The third-order valence-electron chi connectivity index (χ3n) is 2.11. The molecule has 0 unspecified atom stereocenters. The van der Waals surface area contributed by atoms with Crippen molar-refractivity contribution < 1.29 is 9.18 Å². The average Bonchev–Trinajstić information content (AvgIpc) is 2.74. The summed E-state index contributed by atoms with van der Waals surface area (Å²) >= 11 is 1.32. The molecule has 0 aliphatic carbocycles. The summed E-state index contributed by atoms with van der Waals surface area (Å²) in [7, 11) is 0. The molecule has 0 N–H and O–H groups in total. The Hall–Kier alpha value is -1.48. The van der Waals surface area contributed by atoms with Crippen LogP contribution in [0.1, 0.15) is 20.8 Å². The topological polar surface area (TPSA) is 17.1 Å². The number of aryl methyl sites for hydroxylation is 1. The number of thiophene rings is 1. The molecule has 2 aromatic rings. The molecule has 0 spiro atoms. The number of halogens is 1. The number of hydrogen-bond donors (Lipinski definition) is 0. The molecule has 15 heavy (non-hydrogen) atoms. The van der Waals surface area contributed by atoms with Gasteiger partial charge in [0.2, 0.25) is 5.78 Å². The van der Waals surface area contributed by atoms with Crippen molar-refractivity contribution in [3.8, 4) is 0 Å². The van der Waals surface area contributed by atoms with Crippen molar-refractivity contribution in [3.63, 3.8) is 0 Å². The number of carbonyl (C=O) groups is 1. The summed E-state index contributed by atoms with van der Waals surface area (Å²) in [5.41, 5.74) is 1.04. The lowest BCUT2D eigenvalue weighted by Crippen LogP contribution is -2.02. The van der Waals surface area contributed by atoms with Crippen LogP contribution in [0.5, 0.6) is 0 Å². The lowest BCUT2D eigenvalue weighted by Gasteiger charge is -2.01. The molecule has 0 bridgehead atoms. The van der Waals surface area contributed by atoms with E-state index in [1.54, 1.807) is 29.6 Å². The van der Waals surface area contributed by atoms with Crippen LogP contribution in [0.3, 0.4) is 0 Å². The lowest BCUT2D eigenvalue weighted by atomic mass is 10.1. The van der Waals surface area contributed by atoms with Crippen LogP contribution >= 0.6 is 11.3 Å². The Morgan fingerprint density at radius 1 is 1.33 bits per heavy atom. The highest BCUT2D eigenvalue weighted by molar-refractivity contribution is 7.12. The Kier molecular flexibility index (Phi) is 2.64. The maximum atomic E-state index is 13.4. The number of benzene rings is 1. The second-order valence-corrected chi connectivity index (χ2v) is 4.24. The van der Waals surface area contributed by atoms with Gasteiger partial charge in [-0.1, -0.05) is 17.7 Å². The fourth-order valence-electron chi connectivity index (χ4n) is 1.35. The van der Waals surface area contributed by atoms with Gasteiger partial charge in [0.15, 0.2) is 0 Å². The molecule has 3 heteroatoms. The Bertz CT molecular complexity index is 488. The van der Waals surface area contributed by atoms with Crippen LogP contribution in [0.4, 0.5) is 4.39 Å². The molecule has 0 radical (unpaired) electrons. The average molecular weight is 220 g/mol. The highest BCUT2D eigenvalue weighted by Crippen LogP contribution is 2.18. The van der Waals surface area contributed by atoms with Crippen molar-refractivity contribution >= 4 is 17.1 Å². The van der Waals surface area contributed by atoms with Gasteiger partial charge in [-0.25, -0.2) is 4.39 Å². The smallest absolute Gasteiger partial charge is 0.205 e. The van der Waals surface area contributed by atoms with Crippen LogP contribution < -0.4 is 0 Å². The van der Waals surface area contributed by atoms with Crippen LogP contribution in [0.15, 0.2) is 35.7 Å². The Balaban J connectivity index is 2.46. The van der Waals surface area contributed by atoms with Crippen LogP contribution in [0.25, 0.3) is 0 Å². The van der Waals surface area contributed by atoms with E-state index < -0.39 is 5.82 Å². The molecular formula is C12H9FOS. The summed E-state index contributed by atoms with van der Waals surface area (Å²) in [5.74, 6) is -0.704. The molecule has 0 fully saturated rings. The number of carbonyl (C=O) groups excluding carboxylic acids is 1. The SMILES string of the molecule is Cc1ccc(F)c(C(=O)c2cccs2)c1. The van der Waals surface area contributed by atoms with Gasteiger partial charge in [-0.3, -0.25) is 4.79 Å². The van der Waals surface area contributed by atoms with Gasteiger partial charge in [0.1, 0.15) is 5.82 Å². The van der Waals surface area contributed by atoms with Crippen molar-refractivity contribution in [1.82, 2.24) is 0 Å². The number of ketones is 1. The van der Waals surface area contributed by atoms with E-state index in [-0.39, 0.29) is 11.3 Å². The van der Waals surface area contributed by atoms with Crippen molar-refractivity contribution in [2.24, 2.45) is 0 Å². The van der Waals surface area contributed by atoms with Gasteiger partial charge in [-0.05, 0) is 30.5 Å². The Morgan fingerprint density at radius 2 is 2.13 bits per heavy atom. The van der Waals surface area contributed by atoms with Crippen LogP contribution in [0.2, 0.25) is 0 Å². The summed E-state index contributed by atoms with van der Waals surface area (Å²) in [4.78, 5) is 12.4. The molecule has 1 aromatic heterocycles. The van der Waals surface area contributed by atoms with E-state index in [1.165, 1.54) is 17.4 Å². The molecule has 0 amide bonds. The van der Waals surface area contributed by atoms with Gasteiger partial charge in [0.05, 0.1) is 10.4 Å². The summed E-state index contributed by atoms with van der Waals surface area (Å²) in [6.07, 6.45) is 0. The van der Waals surface area contributed by atoms with E-state index in [2.05, 4.69) is 0 Å². The number of hydrogen-bond acceptors (Lipinski definition) is 2. The second-order valence-electron chi connectivity index (χ2n) is 3.29. The molecule has 1 heterocycles. The minimum Gasteiger partial charge on any atom is -0.288 e. The summed E-state index contributed by atoms with van der Waals surface area (Å²) in [5, 5.41) is 1.81. The first-order valence-corrected chi connectivity index (χ1v) is 5.41. The van der Waals surface area contributed by atoms with E-state index in [1.807, 2.05) is 6.92 Å². The zero-order valence-corrected chi connectivity index (χ0v) is 8.98. The van der Waals surface area contributed by atoms with Crippen LogP contribution in [-0.2, 0) is 0 Å². The van der Waals surface area contributed by atoms with Gasteiger partial charge >= 0.3 is 0 Å². The van der Waals surface area contributed by atoms with Gasteiger partial charge < -0.3 is 0 Å². The molecule has 0 saturated carbocycles. The van der Waals surface area contributed by atoms with E-state index in [9.17, 15) is 9.18 Å². The van der Waals surface area contributed by atoms with Crippen LogP contribution in [0, 0.1) is 12.7 Å². The standard InChI is InChI=1S/C12H9FOS/c1-8-4-5-10(13)9(7-8)12(14)11-3-2-6-15-11/h2-7H,1H3. The summed E-state index contributed by atoms with van der Waals surface area (Å²) in [6.45, 7) is 1.84. The predicted octanol–water partition coefficient (Wildman–Crippen LogP) is 3.43. The van der Waals surface area contributed by atoms with Gasteiger partial charge in [0, 0.05) is 0 Å². The van der Waals surface area contributed by atoms with E-state index in [4.69, 9.17) is 0 Å². The van der Waals surface area contributed by atoms with Crippen LogP contribution in [-0.4, -0.2) is 5.78 Å². The van der Waals surface area contributed by atoms with Crippen molar-refractivity contribution in [1.29, 1.82) is 0 Å². The molecule has 0 saturated heterocycles. The minimum atomic E-state index is -0.459. The van der Waals surface area contributed by atoms with Crippen molar-refractivity contribution in [3.05, 3.63) is 57.5 Å². The van der Waals surface area contributed by atoms with Gasteiger partial charge in [-0.15, -0.1) is 11.3 Å². The van der Waals surface area contributed by atoms with E-state index in [0.29, 0.717) is 4.88 Å². The maximum Gasteiger partial charge on any atom is 0.205 e. The number of rotatable bonds is 2. The molecule has 1 aromatic carbocycles. The Labute approximate surface area is 91.2 Å². The predicted molar refractivity (Wildman–Crippen MR) is 58.9 cm³/mol.